The fourth-order valence-corrected chi connectivity index (χ4v) is 0. The fraction of sp³-hybridized carbons (Fsp3) is 0. The van der Waals surface area contributed by atoms with Crippen LogP contribution in [-0.2, 0) is 11.0 Å². The van der Waals surface area contributed by atoms with Gasteiger partial charge in [0.25, 0.3) is 0 Å². The summed E-state index contributed by atoms with van der Waals surface area (Å²) in [6.07, 6.45) is 0. The van der Waals surface area contributed by atoms with Gasteiger partial charge in [0.05, 0.1) is 0 Å². The summed E-state index contributed by atoms with van der Waals surface area (Å²) in [6, 6.07) is 0. The first-order valence-electron chi connectivity index (χ1n) is 0. The molecule has 0 aromatic heterocycles. The number of rotatable bonds is 0. The molecular formula is H4O4Sr3+2. The predicted molar refractivity (Wildman–Crippen MR) is 25.9 cm³/mol. The summed E-state index contributed by atoms with van der Waals surface area (Å²) >= 11 is 0. The van der Waals surface area contributed by atoms with E-state index in [1.807, 2.05) is 0 Å². The first-order chi connectivity index (χ1) is 0. The normalized spacial score (nSPS) is 0. The van der Waals surface area contributed by atoms with Crippen LogP contribution in [0, 0.1) is 0 Å². The molecule has 0 radical (unpaired) electrons. The summed E-state index contributed by atoms with van der Waals surface area (Å²) in [5.74, 6) is 0. The van der Waals surface area contributed by atoms with Crippen LogP contribution >= 0.6 is 0 Å². The van der Waals surface area contributed by atoms with Crippen molar-refractivity contribution in [2.75, 3.05) is 0 Å². The maximum absolute atomic E-state index is 0. The Morgan fingerprint density at radius 1 is 0.429 bits per heavy atom. The molecule has 7 heavy (non-hydrogen) atoms. The van der Waals surface area contributed by atoms with Gasteiger partial charge in [-0.25, -0.2) is 0 Å². The number of hydrogen-bond acceptors (Lipinski definition) is 0. The van der Waals surface area contributed by atoms with Crippen LogP contribution in [-0.4, -0.2) is 147 Å². The first kappa shape index (κ1) is 65.1. The molecule has 4 nitrogen and oxygen atoms in total. The molecule has 4 N–H and O–H groups in total. The zero-order valence-electron chi connectivity index (χ0n) is 3.94. The van der Waals surface area contributed by atoms with E-state index < -0.39 is 0 Å². The molecule has 0 saturated heterocycles. The van der Waals surface area contributed by atoms with Crippen molar-refractivity contribution in [3.05, 3.63) is 0 Å². The third kappa shape index (κ3) is 38.5. The van der Waals surface area contributed by atoms with Crippen LogP contribution in [0.15, 0.2) is 0 Å². The third-order valence-corrected chi connectivity index (χ3v) is 0. The largest absolute Gasteiger partial charge is 2.00 e. The smallest absolute Gasteiger partial charge is 2.00 e. The van der Waals surface area contributed by atoms with Gasteiger partial charge in [-0.05, 0) is 0 Å². The van der Waals surface area contributed by atoms with Crippen molar-refractivity contribution in [1.82, 2.24) is 0 Å². The number of hydrogen-bond donors (Lipinski definition) is 0. The topological polar surface area (TPSA) is 120 Å². The molecule has 0 aromatic rings. The van der Waals surface area contributed by atoms with Gasteiger partial charge in [0.15, 0.2) is 0 Å². The second-order valence-corrected chi connectivity index (χ2v) is 0. The van der Waals surface area contributed by atoms with Crippen molar-refractivity contribution >= 4 is 136 Å². The van der Waals surface area contributed by atoms with Gasteiger partial charge in [-0.2, -0.15) is 0 Å². The summed E-state index contributed by atoms with van der Waals surface area (Å²) in [7, 11) is 0. The van der Waals surface area contributed by atoms with Crippen molar-refractivity contribution in [1.29, 1.82) is 0 Å². The SMILES string of the molecule is O.O.[O-2].[O-2].[Sr+2].[Sr+2].[Sr+2]. The van der Waals surface area contributed by atoms with E-state index in [1.165, 1.54) is 0 Å². The van der Waals surface area contributed by atoms with Crippen LogP contribution in [0.25, 0.3) is 0 Å². The molecule has 0 saturated carbocycles. The Hall–Kier alpha value is 4.28. The summed E-state index contributed by atoms with van der Waals surface area (Å²) in [5.41, 5.74) is 0. The minimum absolute atomic E-state index is 0. The van der Waals surface area contributed by atoms with Crippen LogP contribution in [0.1, 0.15) is 0 Å². The average Bonchev–Trinajstić information content (AvgIpc) is 0. The molecule has 0 rings (SSSR count). The van der Waals surface area contributed by atoms with Gasteiger partial charge in [-0.15, -0.1) is 0 Å². The standard InChI is InChI=1S/2H2O.2O.3Sr/h2*1H2;;;;;/q;;2*-2;3*+2. The van der Waals surface area contributed by atoms with Crippen molar-refractivity contribution < 1.29 is 21.9 Å². The van der Waals surface area contributed by atoms with E-state index in [0.29, 0.717) is 0 Å². The molecule has 32 valence electrons. The maximum Gasteiger partial charge on any atom is 2.00 e. The third-order valence-electron chi connectivity index (χ3n) is 0. The van der Waals surface area contributed by atoms with Crippen LogP contribution in [0.3, 0.4) is 0 Å². The minimum atomic E-state index is 0. The molecule has 0 unspecified atom stereocenters. The molecule has 0 fully saturated rings. The van der Waals surface area contributed by atoms with E-state index in [-0.39, 0.29) is 158 Å². The molecule has 0 atom stereocenters. The van der Waals surface area contributed by atoms with Crippen LogP contribution in [0.4, 0.5) is 0 Å². The Morgan fingerprint density at radius 2 is 0.429 bits per heavy atom. The van der Waals surface area contributed by atoms with Gasteiger partial charge in [0.2, 0.25) is 0 Å². The van der Waals surface area contributed by atoms with Crippen molar-refractivity contribution in [2.24, 2.45) is 0 Å². The molecule has 0 spiro atoms. The van der Waals surface area contributed by atoms with E-state index in [1.54, 1.807) is 0 Å². The molecule has 0 heterocycles. The van der Waals surface area contributed by atoms with Gasteiger partial charge in [-0.1, -0.05) is 0 Å². The van der Waals surface area contributed by atoms with E-state index in [2.05, 4.69) is 0 Å². The molecule has 0 aromatic carbocycles. The van der Waals surface area contributed by atoms with Gasteiger partial charge in [0, 0.05) is 0 Å². The zero-order chi connectivity index (χ0) is 0. The van der Waals surface area contributed by atoms with Gasteiger partial charge >= 0.3 is 136 Å². The van der Waals surface area contributed by atoms with Crippen molar-refractivity contribution in [3.63, 3.8) is 0 Å². The Kier molecular flexibility index (Phi) is 449. The molecular weight excluding hydrogens is 327 g/mol. The van der Waals surface area contributed by atoms with E-state index >= 15 is 0 Å². The van der Waals surface area contributed by atoms with Crippen LogP contribution in [0.5, 0.6) is 0 Å². The summed E-state index contributed by atoms with van der Waals surface area (Å²) in [4.78, 5) is 0. The summed E-state index contributed by atoms with van der Waals surface area (Å²) in [5, 5.41) is 0. The molecule has 0 amide bonds. The van der Waals surface area contributed by atoms with Crippen LogP contribution < -0.4 is 0 Å². The Labute approximate surface area is 153 Å². The van der Waals surface area contributed by atoms with E-state index in [9.17, 15) is 0 Å². The monoisotopic (exact) mass is 332 g/mol. The van der Waals surface area contributed by atoms with Crippen molar-refractivity contribution in [3.8, 4) is 0 Å². The summed E-state index contributed by atoms with van der Waals surface area (Å²) in [6.45, 7) is 0. The van der Waals surface area contributed by atoms with E-state index in [0.717, 1.165) is 0 Å². The molecule has 7 heteroatoms. The second-order valence-electron chi connectivity index (χ2n) is 0. The molecule has 0 bridgehead atoms. The Balaban J connectivity index is 0. The molecule has 0 aliphatic heterocycles. The fourth-order valence-electron chi connectivity index (χ4n) is 0. The molecule has 0 aliphatic rings. The average molecular weight is 331 g/mol. The quantitative estimate of drug-likeness (QED) is 0.420. The van der Waals surface area contributed by atoms with E-state index in [4.69, 9.17) is 0 Å². The first-order valence-corrected chi connectivity index (χ1v) is 0. The predicted octanol–water partition coefficient (Wildman–Crippen LogP) is -3.03. The van der Waals surface area contributed by atoms with Crippen molar-refractivity contribution in [2.45, 2.75) is 0 Å². The van der Waals surface area contributed by atoms with Crippen LogP contribution in [0.2, 0.25) is 0 Å². The maximum atomic E-state index is 0. The Bertz CT molecular complexity index is 6.90. The minimum Gasteiger partial charge on any atom is -2.00 e. The van der Waals surface area contributed by atoms with Gasteiger partial charge in [0.1, 0.15) is 0 Å². The second kappa shape index (κ2) is 48.3. The molecule has 0 aliphatic carbocycles. The van der Waals surface area contributed by atoms with Gasteiger partial charge < -0.3 is 21.9 Å². The zero-order valence-corrected chi connectivity index (χ0v) is 14.4. The van der Waals surface area contributed by atoms with Gasteiger partial charge in [-0.3, -0.25) is 0 Å². The Morgan fingerprint density at radius 3 is 0.429 bits per heavy atom. The summed E-state index contributed by atoms with van der Waals surface area (Å²) < 4.78 is 0.